The maximum absolute atomic E-state index is 15.0. The Morgan fingerprint density at radius 2 is 0.963 bits per heavy atom. The second-order valence-corrected chi connectivity index (χ2v) is 16.7. The number of halogens is 5. The van der Waals surface area contributed by atoms with Gasteiger partial charge in [-0.2, -0.15) is 0 Å². The van der Waals surface area contributed by atoms with E-state index in [1.807, 2.05) is 0 Å². The summed E-state index contributed by atoms with van der Waals surface area (Å²) in [4.78, 5) is 96.6. The molecule has 300 valence electrons. The summed E-state index contributed by atoms with van der Waals surface area (Å²) in [7, 11) is 0. The third-order valence-electron chi connectivity index (χ3n) is 12.6. The SMILES string of the molecule is NC(=O)C(=O)C1(CC(=O)[C@H](CC2(F)CCCC2)NC(=O)C2CC2(F)F)CCC1.NC(=O)C(=O)C1(CC(=O)[C@H](CC2CCC2)NC(=O)C2CC2(F)F)CCC1. The van der Waals surface area contributed by atoms with Crippen LogP contribution >= 0.6 is 0 Å². The van der Waals surface area contributed by atoms with Gasteiger partial charge in [0.05, 0.1) is 12.1 Å². The summed E-state index contributed by atoms with van der Waals surface area (Å²) in [5.74, 6) is -15.3. The van der Waals surface area contributed by atoms with Gasteiger partial charge in [-0.05, 0) is 50.9 Å². The van der Waals surface area contributed by atoms with Gasteiger partial charge in [0.15, 0.2) is 11.6 Å². The van der Waals surface area contributed by atoms with E-state index < -0.39 is 106 Å². The van der Waals surface area contributed by atoms with Gasteiger partial charge in [-0.1, -0.05) is 44.9 Å². The Morgan fingerprint density at radius 3 is 1.28 bits per heavy atom. The Balaban J connectivity index is 0.000000208. The first-order valence-electron chi connectivity index (χ1n) is 18.9. The van der Waals surface area contributed by atoms with Gasteiger partial charge >= 0.3 is 0 Å². The highest BCUT2D eigenvalue weighted by molar-refractivity contribution is 6.38. The van der Waals surface area contributed by atoms with Crippen molar-refractivity contribution in [2.75, 3.05) is 0 Å². The van der Waals surface area contributed by atoms with Gasteiger partial charge in [0.25, 0.3) is 23.7 Å². The summed E-state index contributed by atoms with van der Waals surface area (Å²) in [5, 5.41) is 4.77. The zero-order chi connectivity index (χ0) is 39.9. The lowest BCUT2D eigenvalue weighted by molar-refractivity contribution is -0.148. The molecule has 0 saturated heterocycles. The van der Waals surface area contributed by atoms with E-state index in [9.17, 15) is 60.3 Å². The van der Waals surface area contributed by atoms with Gasteiger partial charge in [0, 0.05) is 42.9 Å². The van der Waals surface area contributed by atoms with Crippen molar-refractivity contribution in [1.82, 2.24) is 10.6 Å². The predicted octanol–water partition coefficient (Wildman–Crippen LogP) is 3.48. The highest BCUT2D eigenvalue weighted by Gasteiger charge is 2.63. The summed E-state index contributed by atoms with van der Waals surface area (Å²) in [6.45, 7) is 0. The van der Waals surface area contributed by atoms with Crippen LogP contribution in [0.5, 0.6) is 0 Å². The number of amides is 4. The molecule has 6 saturated carbocycles. The van der Waals surface area contributed by atoms with Crippen molar-refractivity contribution >= 4 is 46.8 Å². The number of carbonyl (C=O) groups excluding carboxylic acids is 8. The minimum atomic E-state index is -3.10. The first kappa shape index (κ1) is 41.4. The number of primary amides is 2. The van der Waals surface area contributed by atoms with Gasteiger partial charge in [-0.3, -0.25) is 38.4 Å². The fourth-order valence-corrected chi connectivity index (χ4v) is 8.31. The molecule has 0 aromatic heterocycles. The van der Waals surface area contributed by atoms with E-state index in [0.29, 0.717) is 51.4 Å². The number of nitrogens with two attached hydrogens (primary N) is 2. The molecule has 6 fully saturated rings. The minimum absolute atomic E-state index is 0.173. The first-order chi connectivity index (χ1) is 25.1. The quantitative estimate of drug-likeness (QED) is 0.119. The molecule has 2 unspecified atom stereocenters. The summed E-state index contributed by atoms with van der Waals surface area (Å²) < 4.78 is 67.6. The van der Waals surface area contributed by atoms with Crippen molar-refractivity contribution < 1.29 is 60.3 Å². The highest BCUT2D eigenvalue weighted by Crippen LogP contribution is 2.51. The van der Waals surface area contributed by atoms with E-state index in [4.69, 9.17) is 11.5 Å². The number of carbonyl (C=O) groups is 8. The van der Waals surface area contributed by atoms with E-state index in [0.717, 1.165) is 25.7 Å². The van der Waals surface area contributed by atoms with E-state index in [-0.39, 0.29) is 43.8 Å². The molecule has 12 nitrogen and oxygen atoms in total. The number of hydrogen-bond acceptors (Lipinski definition) is 8. The van der Waals surface area contributed by atoms with Crippen LogP contribution in [-0.4, -0.2) is 76.4 Å². The Labute approximate surface area is 309 Å². The molecule has 17 heteroatoms. The maximum atomic E-state index is 15.0. The lowest BCUT2D eigenvalue weighted by Gasteiger charge is -2.40. The molecule has 0 bridgehead atoms. The molecule has 6 N–H and O–H groups in total. The molecule has 0 aromatic rings. The van der Waals surface area contributed by atoms with Crippen LogP contribution in [0, 0.1) is 28.6 Å². The van der Waals surface area contributed by atoms with Gasteiger partial charge in [0.1, 0.15) is 17.5 Å². The van der Waals surface area contributed by atoms with Crippen LogP contribution in [0.25, 0.3) is 0 Å². The summed E-state index contributed by atoms with van der Waals surface area (Å²) in [5.41, 5.74) is 6.24. The van der Waals surface area contributed by atoms with Crippen LogP contribution in [0.2, 0.25) is 0 Å². The number of Topliss-reactive ketones (excluding diaryl/α,β-unsaturated/α-hetero) is 4. The lowest BCUT2D eigenvalue weighted by atomic mass is 9.62. The molecule has 6 rings (SSSR count). The summed E-state index contributed by atoms with van der Waals surface area (Å²) in [6.07, 6.45) is 5.95. The zero-order valence-corrected chi connectivity index (χ0v) is 30.1. The molecule has 54 heavy (non-hydrogen) atoms. The molecular formula is C37H49F5N4O8. The van der Waals surface area contributed by atoms with E-state index >= 15 is 0 Å². The Bertz CT molecular complexity index is 1570. The van der Waals surface area contributed by atoms with Crippen molar-refractivity contribution in [3.8, 4) is 0 Å². The number of ketones is 4. The van der Waals surface area contributed by atoms with E-state index in [1.54, 1.807) is 0 Å². The smallest absolute Gasteiger partial charge is 0.285 e. The van der Waals surface area contributed by atoms with Gasteiger partial charge in [-0.15, -0.1) is 0 Å². The van der Waals surface area contributed by atoms with Crippen molar-refractivity contribution in [3.63, 3.8) is 0 Å². The fraction of sp³-hybridized carbons (Fsp3) is 0.784. The third kappa shape index (κ3) is 9.18. The molecule has 0 aromatic carbocycles. The van der Waals surface area contributed by atoms with Gasteiger partial charge in [-0.25, -0.2) is 22.0 Å². The Kier molecular flexibility index (Phi) is 11.8. The fourth-order valence-electron chi connectivity index (χ4n) is 8.31. The van der Waals surface area contributed by atoms with Crippen LogP contribution in [0.1, 0.15) is 122 Å². The molecule has 0 radical (unpaired) electrons. The normalized spacial score (nSPS) is 27.1. The monoisotopic (exact) mass is 772 g/mol. The van der Waals surface area contributed by atoms with Crippen LogP contribution in [-0.2, 0) is 38.4 Å². The van der Waals surface area contributed by atoms with Gasteiger partial charge < -0.3 is 22.1 Å². The zero-order valence-electron chi connectivity index (χ0n) is 30.1. The Hall–Kier alpha value is -3.79. The second-order valence-electron chi connectivity index (χ2n) is 16.7. The predicted molar refractivity (Wildman–Crippen MR) is 179 cm³/mol. The van der Waals surface area contributed by atoms with Crippen molar-refractivity contribution in [2.24, 2.45) is 40.1 Å². The van der Waals surface area contributed by atoms with Crippen molar-refractivity contribution in [1.29, 1.82) is 0 Å². The maximum Gasteiger partial charge on any atom is 0.285 e. The molecule has 0 heterocycles. The van der Waals surface area contributed by atoms with E-state index in [2.05, 4.69) is 10.6 Å². The molecule has 4 atom stereocenters. The highest BCUT2D eigenvalue weighted by atomic mass is 19.3. The molecular weight excluding hydrogens is 723 g/mol. The van der Waals surface area contributed by atoms with Crippen molar-refractivity contribution in [2.45, 2.75) is 152 Å². The Morgan fingerprint density at radius 1 is 0.574 bits per heavy atom. The number of hydrogen-bond donors (Lipinski definition) is 4. The molecule has 6 aliphatic carbocycles. The van der Waals surface area contributed by atoms with E-state index in [1.165, 1.54) is 0 Å². The average molecular weight is 773 g/mol. The molecule has 4 amide bonds. The second kappa shape index (κ2) is 15.4. The lowest BCUT2D eigenvalue weighted by Crippen LogP contribution is -2.51. The third-order valence-corrected chi connectivity index (χ3v) is 12.6. The van der Waals surface area contributed by atoms with Crippen LogP contribution in [0.3, 0.4) is 0 Å². The molecule has 6 aliphatic rings. The summed E-state index contributed by atoms with van der Waals surface area (Å²) >= 11 is 0. The van der Waals surface area contributed by atoms with Crippen LogP contribution in [0.15, 0.2) is 0 Å². The number of alkyl halides is 5. The topological polar surface area (TPSA) is 213 Å². The van der Waals surface area contributed by atoms with Crippen LogP contribution < -0.4 is 22.1 Å². The largest absolute Gasteiger partial charge is 0.363 e. The minimum Gasteiger partial charge on any atom is -0.363 e. The molecule has 0 spiro atoms. The summed E-state index contributed by atoms with van der Waals surface area (Å²) in [6, 6.07) is -2.19. The standard InChI is InChI=1S/C19H25F3N2O4.C18H24F2N2O4/c20-18(6-1-2-7-18)9-12(24-16(28)11-8-19(11,21)22)13(25)10-17(4-3-5-17)14(26)15(23)27;19-18(20)8-11(18)16(26)22-12(7-10-3-1-4-10)13(23)9-17(5-2-6-17)14(24)15(21)25/h11-12H,1-10H2,(H2,23,27)(H,24,28);10-12H,1-9H2,(H2,21,25)(H,22,26)/t2*11?,12-/m00/s1. The number of rotatable bonds is 18. The van der Waals surface area contributed by atoms with Crippen LogP contribution in [0.4, 0.5) is 22.0 Å². The first-order valence-corrected chi connectivity index (χ1v) is 18.9. The van der Waals surface area contributed by atoms with Gasteiger partial charge in [0.2, 0.25) is 23.4 Å². The molecule has 0 aliphatic heterocycles. The van der Waals surface area contributed by atoms with Crippen molar-refractivity contribution in [3.05, 3.63) is 0 Å². The number of nitrogens with one attached hydrogen (secondary N) is 2. The average Bonchev–Trinajstić information content (AvgIpc) is 3.82.